The Hall–Kier alpha value is -0.280. The predicted molar refractivity (Wildman–Crippen MR) is 37.4 cm³/mol. The van der Waals surface area contributed by atoms with Crippen LogP contribution in [0.3, 0.4) is 0 Å². The van der Waals surface area contributed by atoms with Gasteiger partial charge in [-0.2, -0.15) is 0 Å². The van der Waals surface area contributed by atoms with Crippen molar-refractivity contribution < 1.29 is 4.79 Å². The first-order chi connectivity index (χ1) is 4.09. The summed E-state index contributed by atoms with van der Waals surface area (Å²) in [4.78, 5) is 12.3. The van der Waals surface area contributed by atoms with Crippen LogP contribution in [0.15, 0.2) is 0 Å². The van der Waals surface area contributed by atoms with Crippen LogP contribution in [-0.4, -0.2) is 37.5 Å². The molecule has 0 bridgehead atoms. The second-order valence-corrected chi connectivity index (χ2v) is 2.33. The smallest absolute Gasteiger partial charge is 0.252 e. The van der Waals surface area contributed by atoms with Gasteiger partial charge in [-0.25, -0.2) is 0 Å². The molecule has 0 spiro atoms. The van der Waals surface area contributed by atoms with Gasteiger partial charge in [-0.15, -0.1) is 0 Å². The van der Waals surface area contributed by atoms with E-state index in [2.05, 4.69) is 5.32 Å². The first-order valence-electron chi connectivity index (χ1n) is 2.61. The molecule has 4 heteroatoms. The fraction of sp³-hybridized carbons (Fsp3) is 0.800. The molecule has 0 saturated heterocycles. The number of amides is 1. The van der Waals surface area contributed by atoms with Crippen LogP contribution in [0.5, 0.6) is 0 Å². The van der Waals surface area contributed by atoms with Crippen LogP contribution >= 0.6 is 11.6 Å². The summed E-state index contributed by atoms with van der Waals surface area (Å²) in [5.74, 6) is -0.179. The van der Waals surface area contributed by atoms with E-state index in [0.717, 1.165) is 0 Å². The van der Waals surface area contributed by atoms with Gasteiger partial charge < -0.3 is 5.32 Å². The van der Waals surface area contributed by atoms with Crippen molar-refractivity contribution in [2.24, 2.45) is 0 Å². The maximum atomic E-state index is 10.7. The Labute approximate surface area is 60.0 Å². The molecule has 0 aliphatic heterocycles. The molecule has 0 radical (unpaired) electrons. The van der Waals surface area contributed by atoms with E-state index in [-0.39, 0.29) is 5.91 Å². The number of nitrogens with zero attached hydrogens (tertiary/aromatic N) is 1. The van der Waals surface area contributed by atoms with Crippen LogP contribution in [0.1, 0.15) is 0 Å². The minimum absolute atomic E-state index is 0.179. The molecule has 0 aliphatic rings. The standard InChI is InChI=1S/C5H11ClN2O/c1-7-5(9)4(6)8(2)3/h4H,1-3H3,(H,7,9)/t4-/m1/s1. The molecule has 0 unspecified atom stereocenters. The van der Waals surface area contributed by atoms with Gasteiger partial charge >= 0.3 is 0 Å². The van der Waals surface area contributed by atoms with Gasteiger partial charge in [0.15, 0.2) is 5.50 Å². The lowest BCUT2D eigenvalue weighted by atomic mass is 10.5. The zero-order chi connectivity index (χ0) is 7.44. The Morgan fingerprint density at radius 2 is 2.11 bits per heavy atom. The highest BCUT2D eigenvalue weighted by Crippen LogP contribution is 1.97. The number of hydrogen-bond donors (Lipinski definition) is 1. The van der Waals surface area contributed by atoms with Gasteiger partial charge in [0.05, 0.1) is 0 Å². The molecule has 9 heavy (non-hydrogen) atoms. The maximum absolute atomic E-state index is 10.7. The first-order valence-corrected chi connectivity index (χ1v) is 3.05. The average molecular weight is 151 g/mol. The summed E-state index contributed by atoms with van der Waals surface area (Å²) < 4.78 is 0. The van der Waals surface area contributed by atoms with Crippen molar-refractivity contribution in [1.29, 1.82) is 0 Å². The molecule has 0 aromatic heterocycles. The number of rotatable bonds is 2. The summed E-state index contributed by atoms with van der Waals surface area (Å²) in [5, 5.41) is 2.43. The number of nitrogens with one attached hydrogen (secondary N) is 1. The molecule has 0 rings (SSSR count). The summed E-state index contributed by atoms with van der Waals surface area (Å²) in [7, 11) is 5.04. The van der Waals surface area contributed by atoms with Gasteiger partial charge in [-0.1, -0.05) is 11.6 Å². The summed E-state index contributed by atoms with van der Waals surface area (Å²) in [6.45, 7) is 0. The first kappa shape index (κ1) is 8.72. The minimum Gasteiger partial charge on any atom is -0.357 e. The number of halogens is 1. The zero-order valence-corrected chi connectivity index (χ0v) is 6.57. The predicted octanol–water partition coefficient (Wildman–Crippen LogP) is -0.141. The van der Waals surface area contributed by atoms with Crippen LogP contribution in [0, 0.1) is 0 Å². The molecule has 0 fully saturated rings. The number of carbonyl (C=O) groups excluding carboxylic acids is 1. The van der Waals surface area contributed by atoms with E-state index in [1.165, 1.54) is 0 Å². The highest BCUT2D eigenvalue weighted by molar-refractivity contribution is 6.30. The molecule has 0 heterocycles. The van der Waals surface area contributed by atoms with Crippen molar-refractivity contribution in [1.82, 2.24) is 10.2 Å². The van der Waals surface area contributed by atoms with Gasteiger partial charge in [0.25, 0.3) is 5.91 Å². The molecular formula is C5H11ClN2O. The van der Waals surface area contributed by atoms with E-state index < -0.39 is 5.50 Å². The Morgan fingerprint density at radius 3 is 2.22 bits per heavy atom. The van der Waals surface area contributed by atoms with Crippen LogP contribution in [0.4, 0.5) is 0 Å². The van der Waals surface area contributed by atoms with Crippen molar-refractivity contribution in [2.75, 3.05) is 21.1 Å². The number of hydrogen-bond acceptors (Lipinski definition) is 2. The van der Waals surface area contributed by atoms with Gasteiger partial charge in [-0.05, 0) is 14.1 Å². The lowest BCUT2D eigenvalue weighted by Gasteiger charge is -2.14. The van der Waals surface area contributed by atoms with E-state index in [4.69, 9.17) is 11.6 Å². The van der Waals surface area contributed by atoms with Gasteiger partial charge in [0, 0.05) is 7.05 Å². The largest absolute Gasteiger partial charge is 0.357 e. The van der Waals surface area contributed by atoms with Gasteiger partial charge in [-0.3, -0.25) is 9.69 Å². The minimum atomic E-state index is -0.560. The number of likely N-dealkylation sites (N-methyl/N-ethyl adjacent to an activating group) is 2. The van der Waals surface area contributed by atoms with E-state index in [1.54, 1.807) is 26.0 Å². The Balaban J connectivity index is 3.72. The molecule has 0 aromatic carbocycles. The van der Waals surface area contributed by atoms with Crippen molar-refractivity contribution in [2.45, 2.75) is 5.50 Å². The van der Waals surface area contributed by atoms with Crippen LogP contribution in [0.25, 0.3) is 0 Å². The molecule has 1 atom stereocenters. The third-order valence-corrected chi connectivity index (χ3v) is 1.50. The molecule has 0 aliphatic carbocycles. The fourth-order valence-corrected chi connectivity index (χ4v) is 0.463. The molecular weight excluding hydrogens is 140 g/mol. The average Bonchev–Trinajstić information content (AvgIpc) is 1.84. The monoisotopic (exact) mass is 150 g/mol. The third kappa shape index (κ3) is 2.67. The van der Waals surface area contributed by atoms with Crippen LogP contribution in [-0.2, 0) is 4.79 Å². The molecule has 1 N–H and O–H groups in total. The van der Waals surface area contributed by atoms with Crippen LogP contribution in [0.2, 0.25) is 0 Å². The summed E-state index contributed by atoms with van der Waals surface area (Å²) in [6.07, 6.45) is 0. The lowest BCUT2D eigenvalue weighted by molar-refractivity contribution is -0.122. The lowest BCUT2D eigenvalue weighted by Crippen LogP contribution is -2.37. The quantitative estimate of drug-likeness (QED) is 0.439. The van der Waals surface area contributed by atoms with E-state index in [0.29, 0.717) is 0 Å². The summed E-state index contributed by atoms with van der Waals surface area (Å²) >= 11 is 5.58. The summed E-state index contributed by atoms with van der Waals surface area (Å²) in [6, 6.07) is 0. The zero-order valence-electron chi connectivity index (χ0n) is 5.81. The topological polar surface area (TPSA) is 32.3 Å². The second-order valence-electron chi connectivity index (χ2n) is 1.91. The van der Waals surface area contributed by atoms with E-state index in [1.807, 2.05) is 0 Å². The molecule has 54 valence electrons. The van der Waals surface area contributed by atoms with Crippen molar-refractivity contribution in [3.05, 3.63) is 0 Å². The van der Waals surface area contributed by atoms with Gasteiger partial charge in [0.1, 0.15) is 0 Å². The van der Waals surface area contributed by atoms with E-state index in [9.17, 15) is 4.79 Å². The second kappa shape index (κ2) is 3.69. The van der Waals surface area contributed by atoms with Crippen LogP contribution < -0.4 is 5.32 Å². The highest BCUT2D eigenvalue weighted by atomic mass is 35.5. The summed E-state index contributed by atoms with van der Waals surface area (Å²) in [5.41, 5.74) is -0.560. The van der Waals surface area contributed by atoms with Crippen molar-refractivity contribution in [3.8, 4) is 0 Å². The van der Waals surface area contributed by atoms with Gasteiger partial charge in [0.2, 0.25) is 0 Å². The molecule has 1 amide bonds. The number of carbonyl (C=O) groups is 1. The molecule has 0 saturated carbocycles. The number of alkyl halides is 1. The Morgan fingerprint density at radius 1 is 1.67 bits per heavy atom. The van der Waals surface area contributed by atoms with Crippen molar-refractivity contribution >= 4 is 17.5 Å². The fourth-order valence-electron chi connectivity index (χ4n) is 0.354. The Kier molecular flexibility index (Phi) is 3.58. The van der Waals surface area contributed by atoms with E-state index >= 15 is 0 Å². The molecule has 3 nitrogen and oxygen atoms in total. The molecule has 0 aromatic rings. The van der Waals surface area contributed by atoms with Crippen molar-refractivity contribution in [3.63, 3.8) is 0 Å². The highest BCUT2D eigenvalue weighted by Gasteiger charge is 2.14. The normalized spacial score (nSPS) is 13.4. The SMILES string of the molecule is CNC(=O)[C@H](Cl)N(C)C. The third-order valence-electron chi connectivity index (χ3n) is 0.916. The maximum Gasteiger partial charge on any atom is 0.252 e. The Bertz CT molecular complexity index is 105.